The fraction of sp³-hybridized carbons (Fsp3) is 0.471. The van der Waals surface area contributed by atoms with Crippen molar-refractivity contribution in [1.29, 1.82) is 0 Å². The lowest BCUT2D eigenvalue weighted by Gasteiger charge is -2.25. The summed E-state index contributed by atoms with van der Waals surface area (Å²) in [7, 11) is 0. The minimum Gasteiger partial charge on any atom is -0.245 e. The van der Waals surface area contributed by atoms with Crippen molar-refractivity contribution >= 4 is 0 Å². The van der Waals surface area contributed by atoms with Crippen molar-refractivity contribution in [2.24, 2.45) is 0 Å². The summed E-state index contributed by atoms with van der Waals surface area (Å²) in [5.41, 5.74) is 1.23. The zero-order valence-electron chi connectivity index (χ0n) is 13.6. The van der Waals surface area contributed by atoms with Crippen LogP contribution in [0.3, 0.4) is 0 Å². The number of aromatic nitrogens is 7. The maximum absolute atomic E-state index is 4.58. The topological polar surface area (TPSA) is 74.3 Å². The molecule has 0 amide bonds. The number of hydrogen-bond donors (Lipinski definition) is 0. The van der Waals surface area contributed by atoms with Crippen LogP contribution in [0, 0.1) is 0 Å². The second-order valence-electron chi connectivity index (χ2n) is 6.35. The maximum atomic E-state index is 4.58. The lowest BCUT2D eigenvalue weighted by atomic mass is 9.95. The molecule has 0 unspecified atom stereocenters. The van der Waals surface area contributed by atoms with Gasteiger partial charge in [-0.05, 0) is 28.8 Å². The van der Waals surface area contributed by atoms with Crippen molar-refractivity contribution in [3.63, 3.8) is 0 Å². The zero-order valence-corrected chi connectivity index (χ0v) is 13.6. The largest absolute Gasteiger partial charge is 0.245 e. The zero-order chi connectivity index (χ0) is 16.2. The summed E-state index contributed by atoms with van der Waals surface area (Å²) in [5, 5.41) is 16.3. The Kier molecular flexibility index (Phi) is 4.31. The molecule has 2 aromatic heterocycles. The van der Waals surface area contributed by atoms with Crippen LogP contribution in [-0.2, 0) is 6.42 Å². The fourth-order valence-corrected chi connectivity index (χ4v) is 3.56. The van der Waals surface area contributed by atoms with Gasteiger partial charge in [-0.3, -0.25) is 0 Å². The summed E-state index contributed by atoms with van der Waals surface area (Å²) < 4.78 is 3.89. The van der Waals surface area contributed by atoms with Gasteiger partial charge in [0.25, 0.3) is 0 Å². The van der Waals surface area contributed by atoms with Crippen LogP contribution in [0.4, 0.5) is 0 Å². The molecule has 0 bridgehead atoms. The molecule has 4 rings (SSSR count). The van der Waals surface area contributed by atoms with E-state index >= 15 is 0 Å². The third-order valence-corrected chi connectivity index (χ3v) is 4.78. The quantitative estimate of drug-likeness (QED) is 0.721. The lowest BCUT2D eigenvalue weighted by Crippen LogP contribution is -2.24. The van der Waals surface area contributed by atoms with E-state index in [2.05, 4.69) is 54.6 Å². The van der Waals surface area contributed by atoms with Crippen LogP contribution < -0.4 is 0 Å². The van der Waals surface area contributed by atoms with Crippen LogP contribution >= 0.6 is 0 Å². The Labute approximate surface area is 140 Å². The Hall–Kier alpha value is -2.57. The van der Waals surface area contributed by atoms with Gasteiger partial charge in [0.15, 0.2) is 5.82 Å². The number of hydrogen-bond acceptors (Lipinski definition) is 5. The molecular weight excluding hydrogens is 302 g/mol. The summed E-state index contributed by atoms with van der Waals surface area (Å²) in [4.78, 5) is 4.58. The molecule has 0 radical (unpaired) electrons. The fourth-order valence-electron chi connectivity index (χ4n) is 3.56. The van der Waals surface area contributed by atoms with Crippen LogP contribution in [-0.4, -0.2) is 35.0 Å². The summed E-state index contributed by atoms with van der Waals surface area (Å²) in [6.45, 7) is 0. The van der Waals surface area contributed by atoms with Crippen LogP contribution in [0.5, 0.6) is 0 Å². The average Bonchev–Trinajstić information content (AvgIpc) is 3.33. The van der Waals surface area contributed by atoms with E-state index in [-0.39, 0.29) is 6.04 Å². The van der Waals surface area contributed by atoms with E-state index in [9.17, 15) is 0 Å². The standard InChI is InChI=1S/C17H21N7/c1-3-7-14(8-4-1)11-16(23-13-19-21-22-23)17-18-12-20-24(17)15-9-5-2-6-10-15/h1,3-4,7-8,12-13,15-16H,2,5-6,9-11H2/t16-/m1/s1. The maximum Gasteiger partial charge on any atom is 0.152 e. The molecule has 0 saturated heterocycles. The third kappa shape index (κ3) is 3.06. The normalized spacial score (nSPS) is 17.0. The number of nitrogens with zero attached hydrogens (tertiary/aromatic N) is 7. The molecular formula is C17H21N7. The first kappa shape index (κ1) is 15.0. The highest BCUT2D eigenvalue weighted by Crippen LogP contribution is 2.30. The van der Waals surface area contributed by atoms with E-state index in [4.69, 9.17) is 0 Å². The van der Waals surface area contributed by atoms with Crippen LogP contribution in [0.2, 0.25) is 0 Å². The minimum atomic E-state index is -0.0492. The van der Waals surface area contributed by atoms with Gasteiger partial charge in [0.1, 0.15) is 18.7 Å². The molecule has 2 heterocycles. The van der Waals surface area contributed by atoms with Gasteiger partial charge in [0.05, 0.1) is 6.04 Å². The molecule has 24 heavy (non-hydrogen) atoms. The Bertz CT molecular complexity index is 744. The van der Waals surface area contributed by atoms with Crippen molar-refractivity contribution in [3.05, 3.63) is 54.4 Å². The van der Waals surface area contributed by atoms with E-state index in [1.807, 2.05) is 6.07 Å². The first-order valence-electron chi connectivity index (χ1n) is 8.57. The minimum absolute atomic E-state index is 0.0492. The van der Waals surface area contributed by atoms with E-state index in [1.165, 1.54) is 37.7 Å². The highest BCUT2D eigenvalue weighted by molar-refractivity contribution is 5.17. The molecule has 1 saturated carbocycles. The number of tetrazole rings is 1. The summed E-state index contributed by atoms with van der Waals surface area (Å²) in [6, 6.07) is 10.8. The highest BCUT2D eigenvalue weighted by Gasteiger charge is 2.26. The molecule has 3 aromatic rings. The molecule has 7 nitrogen and oxygen atoms in total. The first-order chi connectivity index (χ1) is 11.9. The van der Waals surface area contributed by atoms with Gasteiger partial charge >= 0.3 is 0 Å². The molecule has 1 fully saturated rings. The summed E-state index contributed by atoms with van der Waals surface area (Å²) in [6.07, 6.45) is 10.3. The van der Waals surface area contributed by atoms with Gasteiger partial charge in [0.2, 0.25) is 0 Å². The predicted octanol–water partition coefficient (Wildman–Crippen LogP) is 2.60. The molecule has 1 aliphatic carbocycles. The van der Waals surface area contributed by atoms with Gasteiger partial charge in [-0.1, -0.05) is 49.6 Å². The van der Waals surface area contributed by atoms with Gasteiger partial charge in [-0.2, -0.15) is 5.10 Å². The van der Waals surface area contributed by atoms with E-state index in [0.717, 1.165) is 12.2 Å². The Morgan fingerprint density at radius 2 is 1.92 bits per heavy atom. The first-order valence-corrected chi connectivity index (χ1v) is 8.57. The van der Waals surface area contributed by atoms with Gasteiger partial charge in [-0.15, -0.1) is 5.10 Å². The molecule has 1 aliphatic rings. The molecule has 1 aromatic carbocycles. The Morgan fingerprint density at radius 3 is 2.67 bits per heavy atom. The van der Waals surface area contributed by atoms with Gasteiger partial charge < -0.3 is 0 Å². The van der Waals surface area contributed by atoms with Crippen molar-refractivity contribution in [2.75, 3.05) is 0 Å². The molecule has 0 spiro atoms. The highest BCUT2D eigenvalue weighted by atomic mass is 15.5. The monoisotopic (exact) mass is 323 g/mol. The van der Waals surface area contributed by atoms with Crippen LogP contribution in [0.25, 0.3) is 0 Å². The number of benzene rings is 1. The van der Waals surface area contributed by atoms with Crippen molar-refractivity contribution in [2.45, 2.75) is 50.6 Å². The van der Waals surface area contributed by atoms with Gasteiger partial charge in [-0.25, -0.2) is 14.3 Å². The Balaban J connectivity index is 1.68. The summed E-state index contributed by atoms with van der Waals surface area (Å²) in [5.74, 6) is 0.943. The molecule has 0 N–H and O–H groups in total. The van der Waals surface area contributed by atoms with Crippen molar-refractivity contribution in [1.82, 2.24) is 35.0 Å². The van der Waals surface area contributed by atoms with Gasteiger partial charge in [0, 0.05) is 6.42 Å². The van der Waals surface area contributed by atoms with E-state index in [0.29, 0.717) is 6.04 Å². The number of rotatable bonds is 5. The predicted molar refractivity (Wildman–Crippen MR) is 88.2 cm³/mol. The van der Waals surface area contributed by atoms with E-state index < -0.39 is 0 Å². The molecule has 124 valence electrons. The SMILES string of the molecule is c1ccc(C[C@H](c2ncnn2C2CCCCC2)n2cnnn2)cc1. The van der Waals surface area contributed by atoms with Crippen molar-refractivity contribution < 1.29 is 0 Å². The summed E-state index contributed by atoms with van der Waals surface area (Å²) >= 11 is 0. The van der Waals surface area contributed by atoms with Crippen molar-refractivity contribution in [3.8, 4) is 0 Å². The van der Waals surface area contributed by atoms with E-state index in [1.54, 1.807) is 17.3 Å². The Morgan fingerprint density at radius 1 is 1.08 bits per heavy atom. The molecule has 7 heteroatoms. The van der Waals surface area contributed by atoms with Crippen LogP contribution in [0.15, 0.2) is 43.0 Å². The smallest absolute Gasteiger partial charge is 0.152 e. The second-order valence-corrected chi connectivity index (χ2v) is 6.35. The average molecular weight is 323 g/mol. The molecule has 0 aliphatic heterocycles. The third-order valence-electron chi connectivity index (χ3n) is 4.78. The lowest BCUT2D eigenvalue weighted by molar-refractivity contribution is 0.307. The molecule has 1 atom stereocenters. The second kappa shape index (κ2) is 6.90. The van der Waals surface area contributed by atoms with Crippen LogP contribution in [0.1, 0.15) is 55.6 Å².